The molecule has 0 aromatic heterocycles. The third-order valence-corrected chi connectivity index (χ3v) is 2.26. The molecule has 0 spiro atoms. The van der Waals surface area contributed by atoms with Gasteiger partial charge in [-0.25, -0.2) is 0 Å². The third kappa shape index (κ3) is 5.73. The zero-order valence-electron chi connectivity index (χ0n) is 10.5. The molecule has 3 heteroatoms. The van der Waals surface area contributed by atoms with Gasteiger partial charge in [-0.05, 0) is 19.1 Å². The van der Waals surface area contributed by atoms with Gasteiger partial charge in [0.05, 0.1) is 27.3 Å². The lowest BCUT2D eigenvalue weighted by molar-refractivity contribution is -0.858. The molecule has 0 saturated carbocycles. The van der Waals surface area contributed by atoms with E-state index in [9.17, 15) is 0 Å². The zero-order chi connectivity index (χ0) is 11.8. The van der Waals surface area contributed by atoms with Gasteiger partial charge in [0.15, 0.2) is 0 Å². The average molecular weight is 224 g/mol. The molecule has 1 aromatic rings. The molecular weight excluding hydrogens is 202 g/mol. The van der Waals surface area contributed by atoms with Crippen molar-refractivity contribution in [1.82, 2.24) is 0 Å². The summed E-state index contributed by atoms with van der Waals surface area (Å²) >= 11 is 0. The number of likely N-dealkylation sites (N-methyl/N-ethyl adjacent to an activating group) is 1. The SMILES string of the molecule is Cc1ccc(OCCOCC[NH+](C)C)cc1. The van der Waals surface area contributed by atoms with Crippen LogP contribution in [0.2, 0.25) is 0 Å². The van der Waals surface area contributed by atoms with Crippen LogP contribution in [0.4, 0.5) is 0 Å². The fourth-order valence-corrected chi connectivity index (χ4v) is 1.23. The number of nitrogens with one attached hydrogen (secondary N) is 1. The largest absolute Gasteiger partial charge is 0.491 e. The van der Waals surface area contributed by atoms with Gasteiger partial charge in [-0.3, -0.25) is 0 Å². The Balaban J connectivity index is 2.05. The van der Waals surface area contributed by atoms with Gasteiger partial charge in [0.25, 0.3) is 0 Å². The minimum atomic E-state index is 0.617. The van der Waals surface area contributed by atoms with Crippen LogP contribution in [0.15, 0.2) is 24.3 Å². The van der Waals surface area contributed by atoms with Crippen molar-refractivity contribution in [1.29, 1.82) is 0 Å². The first kappa shape index (κ1) is 13.0. The van der Waals surface area contributed by atoms with Gasteiger partial charge in [0.1, 0.15) is 18.9 Å². The first-order valence-electron chi connectivity index (χ1n) is 5.75. The average Bonchev–Trinajstić information content (AvgIpc) is 2.25. The van der Waals surface area contributed by atoms with Gasteiger partial charge in [0.2, 0.25) is 0 Å². The minimum absolute atomic E-state index is 0.617. The smallest absolute Gasteiger partial charge is 0.119 e. The highest BCUT2D eigenvalue weighted by Gasteiger charge is 1.95. The molecule has 90 valence electrons. The fourth-order valence-electron chi connectivity index (χ4n) is 1.23. The van der Waals surface area contributed by atoms with Crippen LogP contribution in [0.5, 0.6) is 5.75 Å². The van der Waals surface area contributed by atoms with Crippen LogP contribution in [0.3, 0.4) is 0 Å². The summed E-state index contributed by atoms with van der Waals surface area (Å²) in [6, 6.07) is 8.07. The first-order chi connectivity index (χ1) is 7.68. The van der Waals surface area contributed by atoms with Gasteiger partial charge in [0, 0.05) is 0 Å². The molecule has 3 nitrogen and oxygen atoms in total. The molecule has 0 unspecified atom stereocenters. The van der Waals surface area contributed by atoms with Crippen molar-refractivity contribution in [3.05, 3.63) is 29.8 Å². The lowest BCUT2D eigenvalue weighted by Crippen LogP contribution is -3.06. The van der Waals surface area contributed by atoms with E-state index in [-0.39, 0.29) is 0 Å². The van der Waals surface area contributed by atoms with Gasteiger partial charge >= 0.3 is 0 Å². The van der Waals surface area contributed by atoms with E-state index in [4.69, 9.17) is 9.47 Å². The van der Waals surface area contributed by atoms with E-state index < -0.39 is 0 Å². The van der Waals surface area contributed by atoms with Gasteiger partial charge in [-0.1, -0.05) is 17.7 Å². The number of hydrogen-bond acceptors (Lipinski definition) is 2. The standard InChI is InChI=1S/C13H21NO2/c1-12-4-6-13(7-5-12)16-11-10-15-9-8-14(2)3/h4-7H,8-11H2,1-3H3/p+1. The second-order valence-corrected chi connectivity index (χ2v) is 4.23. The summed E-state index contributed by atoms with van der Waals surface area (Å²) in [6.07, 6.45) is 0. The van der Waals surface area contributed by atoms with E-state index in [0.717, 1.165) is 18.9 Å². The van der Waals surface area contributed by atoms with Gasteiger partial charge < -0.3 is 14.4 Å². The Morgan fingerprint density at radius 1 is 1.00 bits per heavy atom. The topological polar surface area (TPSA) is 22.9 Å². The maximum Gasteiger partial charge on any atom is 0.119 e. The van der Waals surface area contributed by atoms with Crippen LogP contribution >= 0.6 is 0 Å². The number of aryl methyl sites for hydroxylation is 1. The predicted molar refractivity (Wildman–Crippen MR) is 65.2 cm³/mol. The van der Waals surface area contributed by atoms with Crippen LogP contribution < -0.4 is 9.64 Å². The van der Waals surface area contributed by atoms with Crippen molar-refractivity contribution in [3.63, 3.8) is 0 Å². The zero-order valence-corrected chi connectivity index (χ0v) is 10.5. The van der Waals surface area contributed by atoms with Crippen molar-refractivity contribution in [2.45, 2.75) is 6.92 Å². The maximum absolute atomic E-state index is 5.54. The number of quaternary nitrogens is 1. The maximum atomic E-state index is 5.54. The molecule has 0 heterocycles. The molecule has 16 heavy (non-hydrogen) atoms. The Labute approximate surface area is 98.0 Å². The van der Waals surface area contributed by atoms with Gasteiger partial charge in [-0.2, -0.15) is 0 Å². The highest BCUT2D eigenvalue weighted by atomic mass is 16.5. The van der Waals surface area contributed by atoms with Crippen molar-refractivity contribution in [2.75, 3.05) is 40.5 Å². The molecular formula is C13H22NO2+. The first-order valence-corrected chi connectivity index (χ1v) is 5.75. The Bertz CT molecular complexity index is 282. The van der Waals surface area contributed by atoms with Crippen molar-refractivity contribution in [2.24, 2.45) is 0 Å². The fraction of sp³-hybridized carbons (Fsp3) is 0.538. The number of rotatable bonds is 7. The third-order valence-electron chi connectivity index (χ3n) is 2.26. The molecule has 0 aliphatic carbocycles. The molecule has 0 bridgehead atoms. The van der Waals surface area contributed by atoms with Crippen molar-refractivity contribution < 1.29 is 14.4 Å². The summed E-state index contributed by atoms with van der Waals surface area (Å²) in [5.74, 6) is 0.910. The summed E-state index contributed by atoms with van der Waals surface area (Å²) in [4.78, 5) is 1.40. The molecule has 1 aromatic carbocycles. The monoisotopic (exact) mass is 224 g/mol. The molecule has 1 N–H and O–H groups in total. The molecule has 0 aliphatic heterocycles. The summed E-state index contributed by atoms with van der Waals surface area (Å²) in [7, 11) is 4.23. The molecule has 0 saturated heterocycles. The van der Waals surface area contributed by atoms with Crippen LogP contribution in [-0.2, 0) is 4.74 Å². The lowest BCUT2D eigenvalue weighted by atomic mass is 10.2. The Hall–Kier alpha value is -1.06. The molecule has 0 radical (unpaired) electrons. The highest BCUT2D eigenvalue weighted by Crippen LogP contribution is 2.10. The lowest BCUT2D eigenvalue weighted by Gasteiger charge is -2.09. The quantitative estimate of drug-likeness (QED) is 0.683. The number of benzene rings is 1. The second kappa shape index (κ2) is 7.25. The Morgan fingerprint density at radius 2 is 1.69 bits per heavy atom. The van der Waals surface area contributed by atoms with Crippen molar-refractivity contribution in [3.8, 4) is 5.75 Å². The Morgan fingerprint density at radius 3 is 2.31 bits per heavy atom. The summed E-state index contributed by atoms with van der Waals surface area (Å²) in [6.45, 7) is 5.16. The van der Waals surface area contributed by atoms with E-state index >= 15 is 0 Å². The van der Waals surface area contributed by atoms with Crippen LogP contribution in [-0.4, -0.2) is 40.5 Å². The van der Waals surface area contributed by atoms with E-state index in [2.05, 4.69) is 21.0 Å². The number of hydrogen-bond donors (Lipinski definition) is 1. The van der Waals surface area contributed by atoms with E-state index in [1.54, 1.807) is 0 Å². The molecule has 0 fully saturated rings. The molecule has 1 rings (SSSR count). The number of ether oxygens (including phenoxy) is 2. The van der Waals surface area contributed by atoms with Crippen LogP contribution in [0.25, 0.3) is 0 Å². The highest BCUT2D eigenvalue weighted by molar-refractivity contribution is 5.26. The van der Waals surface area contributed by atoms with E-state index in [0.29, 0.717) is 13.2 Å². The summed E-state index contributed by atoms with van der Waals surface area (Å²) < 4.78 is 11.0. The summed E-state index contributed by atoms with van der Waals surface area (Å²) in [5, 5.41) is 0. The van der Waals surface area contributed by atoms with E-state index in [1.165, 1.54) is 10.5 Å². The molecule has 0 aliphatic rings. The van der Waals surface area contributed by atoms with Crippen molar-refractivity contribution >= 4 is 0 Å². The normalized spacial score (nSPS) is 10.8. The Kier molecular flexibility index (Phi) is 5.90. The predicted octanol–water partition coefficient (Wildman–Crippen LogP) is 0.535. The van der Waals surface area contributed by atoms with Gasteiger partial charge in [-0.15, -0.1) is 0 Å². The summed E-state index contributed by atoms with van der Waals surface area (Å²) in [5.41, 5.74) is 1.25. The second-order valence-electron chi connectivity index (χ2n) is 4.23. The van der Waals surface area contributed by atoms with E-state index in [1.807, 2.05) is 24.3 Å². The molecule has 0 amide bonds. The molecule has 0 atom stereocenters. The van der Waals surface area contributed by atoms with Crippen LogP contribution in [0.1, 0.15) is 5.56 Å². The van der Waals surface area contributed by atoms with Crippen LogP contribution in [0, 0.1) is 6.92 Å². The minimum Gasteiger partial charge on any atom is -0.491 e.